The molecule has 0 aromatic carbocycles. The van der Waals surface area contributed by atoms with Gasteiger partial charge < -0.3 is 15.8 Å². The second-order valence-electron chi connectivity index (χ2n) is 4.74. The Morgan fingerprint density at radius 3 is 2.85 bits per heavy atom. The van der Waals surface area contributed by atoms with Crippen molar-refractivity contribution in [3.8, 4) is 0 Å². The van der Waals surface area contributed by atoms with Crippen molar-refractivity contribution in [2.24, 2.45) is 5.92 Å². The van der Waals surface area contributed by atoms with Gasteiger partial charge in [0, 0.05) is 25.1 Å². The Balaban J connectivity index is 2.04. The molecule has 1 aromatic heterocycles. The number of nitrogen functional groups attached to an aromatic ring is 1. The molecule has 8 heteroatoms. The second kappa shape index (κ2) is 5.82. The van der Waals surface area contributed by atoms with E-state index in [2.05, 4.69) is 15.3 Å². The van der Waals surface area contributed by atoms with E-state index >= 15 is 0 Å². The summed E-state index contributed by atoms with van der Waals surface area (Å²) in [6, 6.07) is 0.868. The Bertz CT molecular complexity index is 467. The molecule has 0 spiro atoms. The Kier molecular flexibility index (Phi) is 4.32. The van der Waals surface area contributed by atoms with Crippen LogP contribution in [0.15, 0.2) is 6.07 Å². The van der Waals surface area contributed by atoms with E-state index in [9.17, 15) is 13.2 Å². The molecule has 112 valence electrons. The van der Waals surface area contributed by atoms with Gasteiger partial charge in [-0.05, 0) is 12.8 Å². The minimum Gasteiger partial charge on any atom is -0.378 e. The average molecular weight is 290 g/mol. The molecule has 5 nitrogen and oxygen atoms in total. The number of hydrogen-bond donors (Lipinski definition) is 2. The molecular formula is C12H17F3N4O. The molecule has 20 heavy (non-hydrogen) atoms. The highest BCUT2D eigenvalue weighted by Crippen LogP contribution is 2.29. The zero-order valence-electron chi connectivity index (χ0n) is 11.1. The van der Waals surface area contributed by atoms with Crippen molar-refractivity contribution in [2.45, 2.75) is 32.0 Å². The third kappa shape index (κ3) is 3.50. The van der Waals surface area contributed by atoms with E-state index in [1.807, 2.05) is 6.92 Å². The van der Waals surface area contributed by atoms with E-state index in [1.54, 1.807) is 0 Å². The number of anilines is 2. The number of rotatable bonds is 4. The molecule has 1 aliphatic rings. The summed E-state index contributed by atoms with van der Waals surface area (Å²) in [7, 11) is 0. The van der Waals surface area contributed by atoms with Crippen LogP contribution < -0.4 is 11.1 Å². The van der Waals surface area contributed by atoms with Crippen LogP contribution in [0.2, 0.25) is 0 Å². The van der Waals surface area contributed by atoms with Crippen LogP contribution in [-0.2, 0) is 10.9 Å². The number of nitrogens with zero attached hydrogens (tertiary/aromatic N) is 2. The molecule has 0 radical (unpaired) electrons. The smallest absolute Gasteiger partial charge is 0.378 e. The molecule has 0 bridgehead atoms. The number of hydrogen-bond acceptors (Lipinski definition) is 5. The first kappa shape index (κ1) is 14.8. The molecule has 2 rings (SSSR count). The highest BCUT2D eigenvalue weighted by molar-refractivity contribution is 5.41. The number of alkyl halides is 3. The van der Waals surface area contributed by atoms with Gasteiger partial charge in [-0.3, -0.25) is 0 Å². The topological polar surface area (TPSA) is 73.1 Å². The van der Waals surface area contributed by atoms with Gasteiger partial charge in [-0.1, -0.05) is 6.92 Å². The Labute approximate surface area is 114 Å². The fourth-order valence-electron chi connectivity index (χ4n) is 2.31. The molecule has 1 saturated heterocycles. The van der Waals surface area contributed by atoms with E-state index in [1.165, 1.54) is 0 Å². The summed E-state index contributed by atoms with van der Waals surface area (Å²) in [5.74, 6) is -0.0332. The minimum absolute atomic E-state index is 0.0894. The van der Waals surface area contributed by atoms with E-state index in [0.717, 1.165) is 18.9 Å². The van der Waals surface area contributed by atoms with Gasteiger partial charge in [0.2, 0.25) is 5.95 Å². The van der Waals surface area contributed by atoms with Gasteiger partial charge in [0.25, 0.3) is 0 Å². The molecule has 2 atom stereocenters. The number of nitrogens with one attached hydrogen (secondary N) is 1. The molecule has 0 saturated carbocycles. The van der Waals surface area contributed by atoms with Crippen molar-refractivity contribution < 1.29 is 17.9 Å². The molecule has 1 aliphatic heterocycles. The van der Waals surface area contributed by atoms with Gasteiger partial charge in [0.15, 0.2) is 5.69 Å². The molecular weight excluding hydrogens is 273 g/mol. The average Bonchev–Trinajstić information content (AvgIpc) is 2.82. The summed E-state index contributed by atoms with van der Waals surface area (Å²) in [6.45, 7) is 3.21. The Hall–Kier alpha value is -1.57. The molecule has 2 unspecified atom stereocenters. The van der Waals surface area contributed by atoms with E-state index in [-0.39, 0.29) is 17.8 Å². The lowest BCUT2D eigenvalue weighted by Gasteiger charge is -2.18. The number of ether oxygens (including phenoxy) is 1. The highest BCUT2D eigenvalue weighted by Gasteiger charge is 2.33. The van der Waals surface area contributed by atoms with Crippen molar-refractivity contribution >= 4 is 11.8 Å². The van der Waals surface area contributed by atoms with Crippen LogP contribution >= 0.6 is 0 Å². The summed E-state index contributed by atoms with van der Waals surface area (Å²) in [6.07, 6.45) is -2.62. The van der Waals surface area contributed by atoms with Gasteiger partial charge in [0.05, 0.1) is 6.10 Å². The maximum absolute atomic E-state index is 12.6. The highest BCUT2D eigenvalue weighted by atomic mass is 19.4. The standard InChI is InChI=1S/C12H17F3N4O/c1-2-8-7(3-4-20-8)6-17-10-5-9(12(13,14)15)18-11(16)19-10/h5,7-8H,2-4,6H2,1H3,(H3,16,17,18,19). The van der Waals surface area contributed by atoms with Crippen molar-refractivity contribution in [3.05, 3.63) is 11.8 Å². The van der Waals surface area contributed by atoms with Crippen LogP contribution in [0.1, 0.15) is 25.5 Å². The summed E-state index contributed by atoms with van der Waals surface area (Å²) in [5, 5.41) is 2.89. The molecule has 3 N–H and O–H groups in total. The van der Waals surface area contributed by atoms with Crippen molar-refractivity contribution in [3.63, 3.8) is 0 Å². The zero-order chi connectivity index (χ0) is 14.8. The van der Waals surface area contributed by atoms with Crippen LogP contribution in [0, 0.1) is 5.92 Å². The quantitative estimate of drug-likeness (QED) is 0.890. The molecule has 1 aromatic rings. The van der Waals surface area contributed by atoms with Crippen LogP contribution in [-0.4, -0.2) is 29.2 Å². The molecule has 2 heterocycles. The third-order valence-electron chi connectivity index (χ3n) is 3.33. The lowest BCUT2D eigenvalue weighted by molar-refractivity contribution is -0.141. The second-order valence-corrected chi connectivity index (χ2v) is 4.74. The Morgan fingerprint density at radius 2 is 2.20 bits per heavy atom. The van der Waals surface area contributed by atoms with E-state index < -0.39 is 17.8 Å². The predicted octanol–water partition coefficient (Wildman–Crippen LogP) is 2.30. The Morgan fingerprint density at radius 1 is 1.45 bits per heavy atom. The minimum atomic E-state index is -4.53. The van der Waals surface area contributed by atoms with Crippen molar-refractivity contribution in [1.29, 1.82) is 0 Å². The maximum Gasteiger partial charge on any atom is 0.433 e. The van der Waals surface area contributed by atoms with Gasteiger partial charge in [0.1, 0.15) is 5.82 Å². The van der Waals surface area contributed by atoms with Crippen LogP contribution in [0.4, 0.5) is 24.9 Å². The SMILES string of the molecule is CCC1OCCC1CNc1cc(C(F)(F)F)nc(N)n1. The van der Waals surface area contributed by atoms with Gasteiger partial charge >= 0.3 is 6.18 Å². The maximum atomic E-state index is 12.6. The first-order chi connectivity index (χ1) is 9.40. The summed E-state index contributed by atoms with van der Waals surface area (Å²) >= 11 is 0. The molecule has 0 amide bonds. The monoisotopic (exact) mass is 290 g/mol. The first-order valence-electron chi connectivity index (χ1n) is 6.47. The normalized spacial score (nSPS) is 23.0. The predicted molar refractivity (Wildman–Crippen MR) is 68.1 cm³/mol. The number of halogens is 3. The molecule has 0 aliphatic carbocycles. The molecule has 1 fully saturated rings. The van der Waals surface area contributed by atoms with Gasteiger partial charge in [-0.25, -0.2) is 4.98 Å². The van der Waals surface area contributed by atoms with Crippen LogP contribution in [0.25, 0.3) is 0 Å². The van der Waals surface area contributed by atoms with E-state index in [0.29, 0.717) is 13.2 Å². The fraction of sp³-hybridized carbons (Fsp3) is 0.667. The third-order valence-corrected chi connectivity index (χ3v) is 3.33. The lowest BCUT2D eigenvalue weighted by atomic mass is 10.00. The first-order valence-corrected chi connectivity index (χ1v) is 6.47. The largest absolute Gasteiger partial charge is 0.433 e. The summed E-state index contributed by atoms with van der Waals surface area (Å²) in [4.78, 5) is 6.97. The van der Waals surface area contributed by atoms with Crippen molar-refractivity contribution in [2.75, 3.05) is 24.2 Å². The lowest BCUT2D eigenvalue weighted by Crippen LogP contribution is -2.23. The summed E-state index contributed by atoms with van der Waals surface area (Å²) in [5.41, 5.74) is 4.27. The number of nitrogens with two attached hydrogens (primary N) is 1. The van der Waals surface area contributed by atoms with E-state index in [4.69, 9.17) is 10.5 Å². The number of aromatic nitrogens is 2. The summed E-state index contributed by atoms with van der Waals surface area (Å²) < 4.78 is 43.4. The van der Waals surface area contributed by atoms with Gasteiger partial charge in [-0.2, -0.15) is 18.2 Å². The van der Waals surface area contributed by atoms with Crippen molar-refractivity contribution in [1.82, 2.24) is 9.97 Å². The fourth-order valence-corrected chi connectivity index (χ4v) is 2.31. The van der Waals surface area contributed by atoms with Gasteiger partial charge in [-0.15, -0.1) is 0 Å². The zero-order valence-corrected chi connectivity index (χ0v) is 11.1. The van der Waals surface area contributed by atoms with Crippen LogP contribution in [0.5, 0.6) is 0 Å². The van der Waals surface area contributed by atoms with Crippen LogP contribution in [0.3, 0.4) is 0 Å².